The maximum absolute atomic E-state index is 8.40. The molecule has 0 unspecified atom stereocenters. The summed E-state index contributed by atoms with van der Waals surface area (Å²) in [5.74, 6) is 0.724. The lowest BCUT2D eigenvalue weighted by Crippen LogP contribution is -1.94. The molecule has 0 radical (unpaired) electrons. The molecule has 0 aliphatic carbocycles. The van der Waals surface area contributed by atoms with E-state index in [0.717, 1.165) is 12.2 Å². The molecule has 3 nitrogen and oxygen atoms in total. The molecule has 1 aromatic heterocycles. The molecule has 84 valence electrons. The minimum absolute atomic E-state index is 0.0853. The molecule has 0 aliphatic heterocycles. The van der Waals surface area contributed by atoms with Crippen LogP contribution in [0.5, 0.6) is 5.75 Å². The van der Waals surface area contributed by atoms with Gasteiger partial charge < -0.3 is 4.74 Å². The molecule has 0 atom stereocenters. The van der Waals surface area contributed by atoms with Gasteiger partial charge in [-0.15, -0.1) is 0 Å². The Morgan fingerprint density at radius 1 is 1.12 bits per heavy atom. The Balaban J connectivity index is 2.01. The smallest absolute Gasteiger partial charge is 0.174 e. The van der Waals surface area contributed by atoms with Gasteiger partial charge in [-0.3, -0.25) is 4.98 Å². The van der Waals surface area contributed by atoms with Crippen LogP contribution in [-0.2, 0) is 6.42 Å². The van der Waals surface area contributed by atoms with Crippen LogP contribution in [0.15, 0.2) is 48.8 Å². The Bertz CT molecular complexity index is 500. The van der Waals surface area contributed by atoms with Crippen molar-refractivity contribution < 1.29 is 4.74 Å². The summed E-state index contributed by atoms with van der Waals surface area (Å²) in [7, 11) is 0. The molecule has 3 heteroatoms. The first-order chi connectivity index (χ1) is 8.38. The summed E-state index contributed by atoms with van der Waals surface area (Å²) in [6.07, 6.45) is 4.48. The molecule has 17 heavy (non-hydrogen) atoms. The van der Waals surface area contributed by atoms with E-state index < -0.39 is 0 Å². The minimum atomic E-state index is 0.0853. The third-order valence-electron chi connectivity index (χ3n) is 2.36. The zero-order valence-corrected chi connectivity index (χ0v) is 9.34. The van der Waals surface area contributed by atoms with Crippen molar-refractivity contribution in [1.29, 1.82) is 5.26 Å². The van der Waals surface area contributed by atoms with Crippen LogP contribution < -0.4 is 4.74 Å². The highest BCUT2D eigenvalue weighted by Gasteiger charge is 1.97. The number of pyridine rings is 1. The van der Waals surface area contributed by atoms with Gasteiger partial charge >= 0.3 is 0 Å². The molecular weight excluding hydrogens is 212 g/mol. The van der Waals surface area contributed by atoms with E-state index in [4.69, 9.17) is 10.00 Å². The largest absolute Gasteiger partial charge is 0.479 e. The quantitative estimate of drug-likeness (QED) is 0.801. The number of nitrogens with zero attached hydrogens (tertiary/aromatic N) is 2. The first kappa shape index (κ1) is 11.2. The number of ether oxygens (including phenoxy) is 1. The maximum atomic E-state index is 8.40. The molecule has 0 fully saturated rings. The normalized spacial score (nSPS) is 9.59. The fourth-order valence-electron chi connectivity index (χ4n) is 1.56. The Morgan fingerprint density at radius 2 is 1.94 bits per heavy atom. The van der Waals surface area contributed by atoms with E-state index >= 15 is 0 Å². The number of hydrogen-bond acceptors (Lipinski definition) is 3. The monoisotopic (exact) mass is 224 g/mol. The van der Waals surface area contributed by atoms with Gasteiger partial charge in [-0.25, -0.2) is 0 Å². The van der Waals surface area contributed by atoms with Gasteiger partial charge in [0.05, 0.1) is 0 Å². The molecule has 2 rings (SSSR count). The molecule has 2 aromatic rings. The first-order valence-electron chi connectivity index (χ1n) is 5.36. The van der Waals surface area contributed by atoms with Gasteiger partial charge in [-0.2, -0.15) is 5.26 Å². The second-order valence-corrected chi connectivity index (χ2v) is 3.63. The molecule has 0 spiro atoms. The van der Waals surface area contributed by atoms with Gasteiger partial charge in [0, 0.05) is 12.4 Å². The summed E-state index contributed by atoms with van der Waals surface area (Å²) in [4.78, 5) is 4.08. The van der Waals surface area contributed by atoms with E-state index in [9.17, 15) is 0 Å². The van der Waals surface area contributed by atoms with Gasteiger partial charge in [-0.1, -0.05) is 18.2 Å². The predicted molar refractivity (Wildman–Crippen MR) is 64.6 cm³/mol. The Morgan fingerprint density at radius 3 is 2.59 bits per heavy atom. The van der Waals surface area contributed by atoms with Crippen LogP contribution in [0.25, 0.3) is 0 Å². The van der Waals surface area contributed by atoms with Gasteiger partial charge in [0.2, 0.25) is 0 Å². The highest BCUT2D eigenvalue weighted by atomic mass is 16.5. The van der Waals surface area contributed by atoms with Crippen molar-refractivity contribution in [3.63, 3.8) is 0 Å². The maximum Gasteiger partial charge on any atom is 0.174 e. The summed E-state index contributed by atoms with van der Waals surface area (Å²) in [6, 6.07) is 13.7. The summed E-state index contributed by atoms with van der Waals surface area (Å²) >= 11 is 0. The third kappa shape index (κ3) is 3.32. The van der Waals surface area contributed by atoms with Crippen molar-refractivity contribution in [2.75, 3.05) is 6.61 Å². The lowest BCUT2D eigenvalue weighted by atomic mass is 10.1. The zero-order chi connectivity index (χ0) is 11.9. The molecule has 1 heterocycles. The summed E-state index contributed by atoms with van der Waals surface area (Å²) < 4.78 is 5.19. The Labute approximate surface area is 100 Å². The van der Waals surface area contributed by atoms with Gasteiger partial charge in [0.15, 0.2) is 6.61 Å². The highest BCUT2D eigenvalue weighted by molar-refractivity contribution is 5.30. The van der Waals surface area contributed by atoms with Crippen LogP contribution in [0, 0.1) is 11.3 Å². The number of rotatable bonds is 4. The highest BCUT2D eigenvalue weighted by Crippen LogP contribution is 2.14. The molecule has 1 aromatic carbocycles. The van der Waals surface area contributed by atoms with Crippen LogP contribution in [0.3, 0.4) is 0 Å². The Hall–Kier alpha value is -2.34. The van der Waals surface area contributed by atoms with Crippen molar-refractivity contribution in [2.24, 2.45) is 0 Å². The minimum Gasteiger partial charge on any atom is -0.479 e. The number of benzene rings is 1. The van der Waals surface area contributed by atoms with E-state index in [-0.39, 0.29) is 6.61 Å². The first-order valence-corrected chi connectivity index (χ1v) is 5.36. The molecule has 0 N–H and O–H groups in total. The average molecular weight is 224 g/mol. The molecule has 0 aliphatic rings. The van der Waals surface area contributed by atoms with Crippen LogP contribution in [0.1, 0.15) is 11.1 Å². The van der Waals surface area contributed by atoms with E-state index in [0.29, 0.717) is 0 Å². The predicted octanol–water partition coefficient (Wildman–Crippen LogP) is 2.57. The lowest BCUT2D eigenvalue weighted by Gasteiger charge is -2.04. The van der Waals surface area contributed by atoms with Crippen molar-refractivity contribution >= 4 is 0 Å². The fraction of sp³-hybridized carbons (Fsp3) is 0.143. The average Bonchev–Trinajstić information content (AvgIpc) is 2.39. The third-order valence-corrected chi connectivity index (χ3v) is 2.36. The summed E-state index contributed by atoms with van der Waals surface area (Å²) in [6.45, 7) is 0.0853. The summed E-state index contributed by atoms with van der Waals surface area (Å²) in [5.41, 5.74) is 2.38. The van der Waals surface area contributed by atoms with Crippen molar-refractivity contribution in [3.05, 3.63) is 59.9 Å². The van der Waals surface area contributed by atoms with Crippen molar-refractivity contribution in [2.45, 2.75) is 6.42 Å². The van der Waals surface area contributed by atoms with Crippen LogP contribution in [-0.4, -0.2) is 11.6 Å². The van der Waals surface area contributed by atoms with Crippen molar-refractivity contribution in [1.82, 2.24) is 4.98 Å². The summed E-state index contributed by atoms with van der Waals surface area (Å²) in [5, 5.41) is 8.40. The molecule has 0 amide bonds. The van der Waals surface area contributed by atoms with Crippen LogP contribution >= 0.6 is 0 Å². The molecule has 0 bridgehead atoms. The fourth-order valence-corrected chi connectivity index (χ4v) is 1.56. The standard InChI is InChI=1S/C14H12N2O/c15-7-9-17-14-5-3-12(4-6-14)10-13-2-1-8-16-11-13/h1-6,8,11H,9-10H2. The number of aromatic nitrogens is 1. The molecule has 0 saturated heterocycles. The van der Waals surface area contributed by atoms with E-state index in [2.05, 4.69) is 4.98 Å². The number of nitriles is 1. The number of hydrogen-bond donors (Lipinski definition) is 0. The van der Waals surface area contributed by atoms with Gasteiger partial charge in [-0.05, 0) is 35.7 Å². The van der Waals surface area contributed by atoms with E-state index in [1.54, 1.807) is 6.20 Å². The SMILES string of the molecule is N#CCOc1ccc(Cc2cccnc2)cc1. The van der Waals surface area contributed by atoms with Gasteiger partial charge in [0.1, 0.15) is 11.8 Å². The second kappa shape index (κ2) is 5.66. The van der Waals surface area contributed by atoms with Crippen LogP contribution in [0.2, 0.25) is 0 Å². The van der Waals surface area contributed by atoms with Gasteiger partial charge in [0.25, 0.3) is 0 Å². The lowest BCUT2D eigenvalue weighted by molar-refractivity contribution is 0.368. The van der Waals surface area contributed by atoms with Crippen LogP contribution in [0.4, 0.5) is 0 Å². The molecule has 0 saturated carbocycles. The Kier molecular flexibility index (Phi) is 3.72. The topological polar surface area (TPSA) is 45.9 Å². The zero-order valence-electron chi connectivity index (χ0n) is 9.34. The van der Waals surface area contributed by atoms with E-state index in [1.165, 1.54) is 11.1 Å². The van der Waals surface area contributed by atoms with Crippen molar-refractivity contribution in [3.8, 4) is 11.8 Å². The second-order valence-electron chi connectivity index (χ2n) is 3.63. The molecular formula is C14H12N2O. The van der Waals surface area contributed by atoms with E-state index in [1.807, 2.05) is 48.7 Å².